The predicted octanol–water partition coefficient (Wildman–Crippen LogP) is 7.77. The zero-order valence-corrected chi connectivity index (χ0v) is 27.4. The number of halogens is 2. The van der Waals surface area contributed by atoms with E-state index in [4.69, 9.17) is 19.6 Å². The van der Waals surface area contributed by atoms with E-state index in [0.717, 1.165) is 20.1 Å². The van der Waals surface area contributed by atoms with Crippen molar-refractivity contribution in [1.29, 1.82) is 0 Å². The Hall–Kier alpha value is -4.15. The number of hydrogen-bond donors (Lipinski definition) is 2. The molecule has 0 bridgehead atoms. The van der Waals surface area contributed by atoms with Gasteiger partial charge in [-0.05, 0) is 71.6 Å². The Labute approximate surface area is 278 Å². The highest BCUT2D eigenvalue weighted by Gasteiger charge is 2.53. The first-order valence-corrected chi connectivity index (χ1v) is 16.0. The SMILES string of the molecule is [N-]=[N+]=Nc1ccccc1[C@H]1OC(c2ccc(OCCCO)cc2)=N[C@@]1(Cc1ccc(Br)cc1)C(=O)NCCc1ccc(Br)cc1. The second-order valence-corrected chi connectivity index (χ2v) is 12.3. The topological polar surface area (TPSA) is 129 Å². The van der Waals surface area contributed by atoms with E-state index < -0.39 is 11.6 Å². The number of nitrogens with zero attached hydrogens (tertiary/aromatic N) is 4. The van der Waals surface area contributed by atoms with Gasteiger partial charge in [0.2, 0.25) is 5.90 Å². The number of nitrogens with one attached hydrogen (secondary N) is 1. The molecule has 0 aliphatic carbocycles. The van der Waals surface area contributed by atoms with Crippen molar-refractivity contribution in [2.24, 2.45) is 10.1 Å². The van der Waals surface area contributed by atoms with Gasteiger partial charge in [-0.2, -0.15) is 0 Å². The van der Waals surface area contributed by atoms with E-state index in [2.05, 4.69) is 47.2 Å². The Bertz CT molecular complexity index is 1690. The molecule has 4 aromatic rings. The lowest BCUT2D eigenvalue weighted by Gasteiger charge is -2.31. The summed E-state index contributed by atoms with van der Waals surface area (Å²) >= 11 is 6.96. The maximum atomic E-state index is 14.5. The van der Waals surface area contributed by atoms with Crippen molar-refractivity contribution < 1.29 is 19.4 Å². The minimum Gasteiger partial charge on any atom is -0.494 e. The molecule has 9 nitrogen and oxygen atoms in total. The molecule has 2 N–H and O–H groups in total. The number of benzene rings is 4. The van der Waals surface area contributed by atoms with Crippen LogP contribution in [0.1, 0.15) is 34.8 Å². The van der Waals surface area contributed by atoms with Gasteiger partial charge in [0, 0.05) is 56.7 Å². The third-order valence-electron chi connectivity index (χ3n) is 7.40. The number of ether oxygens (including phenoxy) is 2. The first-order valence-electron chi connectivity index (χ1n) is 14.4. The van der Waals surface area contributed by atoms with E-state index in [1.54, 1.807) is 30.3 Å². The van der Waals surface area contributed by atoms with Crippen LogP contribution in [0.3, 0.4) is 0 Å². The molecule has 1 aliphatic rings. The third-order valence-corrected chi connectivity index (χ3v) is 8.46. The number of amides is 1. The standard InChI is InChI=1S/C34H31Br2N5O4/c35-26-12-6-23(7-13-26)18-19-38-33(43)34(22-24-8-14-27(36)15-9-24)31(29-4-1-2-5-30(29)40-41-37)45-32(39-34)25-10-16-28(17-11-25)44-21-3-20-42/h1-2,4-17,31,42H,3,18-22H2,(H,38,43)/t31-,34-/m1/s1. The summed E-state index contributed by atoms with van der Waals surface area (Å²) in [6.45, 7) is 0.827. The van der Waals surface area contributed by atoms with Gasteiger partial charge in [-0.15, -0.1) is 0 Å². The molecule has 0 aromatic heterocycles. The average molecular weight is 733 g/mol. The van der Waals surface area contributed by atoms with Gasteiger partial charge in [-0.3, -0.25) is 4.79 Å². The lowest BCUT2D eigenvalue weighted by molar-refractivity contribution is -0.128. The minimum atomic E-state index is -1.43. The summed E-state index contributed by atoms with van der Waals surface area (Å²) in [5, 5.41) is 16.1. The van der Waals surface area contributed by atoms with Gasteiger partial charge in [0.05, 0.1) is 6.61 Å². The molecule has 0 radical (unpaired) electrons. The molecule has 4 aromatic carbocycles. The highest BCUT2D eigenvalue weighted by atomic mass is 79.9. The van der Waals surface area contributed by atoms with E-state index in [-0.39, 0.29) is 24.8 Å². The number of rotatable bonds is 13. The second kappa shape index (κ2) is 15.2. The fourth-order valence-corrected chi connectivity index (χ4v) is 5.67. The summed E-state index contributed by atoms with van der Waals surface area (Å²) in [7, 11) is 0. The van der Waals surface area contributed by atoms with E-state index >= 15 is 0 Å². The van der Waals surface area contributed by atoms with E-state index in [1.807, 2.05) is 66.7 Å². The maximum absolute atomic E-state index is 14.5. The van der Waals surface area contributed by atoms with Crippen LogP contribution in [0.5, 0.6) is 5.75 Å². The highest BCUT2D eigenvalue weighted by Crippen LogP contribution is 2.45. The van der Waals surface area contributed by atoms with Gasteiger partial charge in [0.15, 0.2) is 11.6 Å². The molecule has 0 saturated heterocycles. The van der Waals surface area contributed by atoms with Gasteiger partial charge in [-0.25, -0.2) is 4.99 Å². The Morgan fingerprint density at radius 2 is 1.64 bits per heavy atom. The van der Waals surface area contributed by atoms with Crippen molar-refractivity contribution in [1.82, 2.24) is 5.32 Å². The van der Waals surface area contributed by atoms with Crippen molar-refractivity contribution in [2.45, 2.75) is 30.9 Å². The molecular weight excluding hydrogens is 702 g/mol. The summed E-state index contributed by atoms with van der Waals surface area (Å²) in [6, 6.07) is 30.1. The second-order valence-electron chi connectivity index (χ2n) is 10.5. The summed E-state index contributed by atoms with van der Waals surface area (Å²) in [4.78, 5) is 22.5. The zero-order valence-electron chi connectivity index (χ0n) is 24.3. The third kappa shape index (κ3) is 7.93. The van der Waals surface area contributed by atoms with Crippen molar-refractivity contribution >= 4 is 49.4 Å². The molecule has 1 aliphatic heterocycles. The van der Waals surface area contributed by atoms with E-state index in [9.17, 15) is 10.3 Å². The first-order chi connectivity index (χ1) is 21.9. The normalized spacial score (nSPS) is 17.1. The molecule has 5 rings (SSSR count). The molecule has 1 heterocycles. The minimum absolute atomic E-state index is 0.0487. The first kappa shape index (κ1) is 32.2. The van der Waals surface area contributed by atoms with Crippen LogP contribution in [0, 0.1) is 0 Å². The van der Waals surface area contributed by atoms with Gasteiger partial charge >= 0.3 is 0 Å². The van der Waals surface area contributed by atoms with Gasteiger partial charge in [0.1, 0.15) is 5.75 Å². The van der Waals surface area contributed by atoms with Crippen LogP contribution >= 0.6 is 31.9 Å². The number of aliphatic hydroxyl groups is 1. The molecule has 0 unspecified atom stereocenters. The molecular formula is C34H31Br2N5O4. The molecule has 45 heavy (non-hydrogen) atoms. The summed E-state index contributed by atoms with van der Waals surface area (Å²) < 4.78 is 14.2. The highest BCUT2D eigenvalue weighted by molar-refractivity contribution is 9.10. The monoisotopic (exact) mass is 731 g/mol. The predicted molar refractivity (Wildman–Crippen MR) is 181 cm³/mol. The quantitative estimate of drug-likeness (QED) is 0.0630. The molecule has 230 valence electrons. The molecule has 1 amide bonds. The zero-order chi connectivity index (χ0) is 31.6. The molecule has 0 fully saturated rings. The number of carbonyl (C=O) groups is 1. The lowest BCUT2D eigenvalue weighted by Crippen LogP contribution is -2.50. The molecule has 0 spiro atoms. The average Bonchev–Trinajstić information content (AvgIpc) is 3.44. The molecule has 0 saturated carbocycles. The van der Waals surface area contributed by atoms with Crippen LogP contribution < -0.4 is 10.1 Å². The van der Waals surface area contributed by atoms with Gasteiger partial charge in [0.25, 0.3) is 5.91 Å². The fourth-order valence-electron chi connectivity index (χ4n) is 5.15. The smallest absolute Gasteiger partial charge is 0.252 e. The Kier molecular flexibility index (Phi) is 10.9. The number of aliphatic imine (C=N–C) groups is 1. The van der Waals surface area contributed by atoms with E-state index in [1.165, 1.54) is 0 Å². The number of hydrogen-bond acceptors (Lipinski definition) is 6. The molecule has 11 heteroatoms. The molecule has 2 atom stereocenters. The van der Waals surface area contributed by atoms with Crippen LogP contribution in [0.15, 0.2) is 116 Å². The number of azide groups is 1. The Balaban J connectivity index is 1.55. The maximum Gasteiger partial charge on any atom is 0.252 e. The Morgan fingerprint density at radius 3 is 2.31 bits per heavy atom. The van der Waals surface area contributed by atoms with Crippen LogP contribution in [-0.4, -0.2) is 42.2 Å². The lowest BCUT2D eigenvalue weighted by atomic mass is 9.81. The van der Waals surface area contributed by atoms with Crippen LogP contribution in [0.4, 0.5) is 5.69 Å². The van der Waals surface area contributed by atoms with Crippen LogP contribution in [0.25, 0.3) is 10.4 Å². The van der Waals surface area contributed by atoms with Crippen molar-refractivity contribution in [3.63, 3.8) is 0 Å². The number of aliphatic hydroxyl groups excluding tert-OH is 1. The largest absolute Gasteiger partial charge is 0.494 e. The number of carbonyl (C=O) groups excluding carboxylic acids is 1. The van der Waals surface area contributed by atoms with Crippen LogP contribution in [-0.2, 0) is 22.4 Å². The van der Waals surface area contributed by atoms with Gasteiger partial charge in [-0.1, -0.05) is 85.5 Å². The van der Waals surface area contributed by atoms with Crippen molar-refractivity contribution in [2.75, 3.05) is 19.8 Å². The van der Waals surface area contributed by atoms with Gasteiger partial charge < -0.3 is 19.9 Å². The Morgan fingerprint density at radius 1 is 0.978 bits per heavy atom. The summed E-state index contributed by atoms with van der Waals surface area (Å²) in [5.74, 6) is 0.628. The summed E-state index contributed by atoms with van der Waals surface area (Å²) in [5.41, 5.74) is 11.4. The summed E-state index contributed by atoms with van der Waals surface area (Å²) in [6.07, 6.45) is 0.485. The van der Waals surface area contributed by atoms with Crippen LogP contribution in [0.2, 0.25) is 0 Å². The van der Waals surface area contributed by atoms with Crippen molar-refractivity contribution in [3.8, 4) is 5.75 Å². The fraction of sp³-hybridized carbons (Fsp3) is 0.235. The van der Waals surface area contributed by atoms with E-state index in [0.29, 0.717) is 48.6 Å². The van der Waals surface area contributed by atoms with Crippen molar-refractivity contribution in [3.05, 3.63) is 139 Å².